The Kier molecular flexibility index (Phi) is 14.0. The zero-order valence-corrected chi connectivity index (χ0v) is 25.9. The maximum Gasteiger partial charge on any atom is 0.303 e. The molecule has 17 nitrogen and oxygen atoms in total. The molecule has 258 valence electrons. The number of nitrogens with one attached hydrogen (secondary N) is 5. The molecule has 6 atom stereocenters. The van der Waals surface area contributed by atoms with Gasteiger partial charge in [-0.15, -0.1) is 0 Å². The van der Waals surface area contributed by atoms with Gasteiger partial charge in [0.05, 0.1) is 19.3 Å². The van der Waals surface area contributed by atoms with Crippen LogP contribution in [0.4, 0.5) is 0 Å². The molecule has 2 aliphatic heterocycles. The van der Waals surface area contributed by atoms with E-state index in [1.165, 1.54) is 0 Å². The van der Waals surface area contributed by atoms with Gasteiger partial charge in [0.1, 0.15) is 30.2 Å². The lowest BCUT2D eigenvalue weighted by Crippen LogP contribution is -2.60. The number of amides is 6. The number of carbonyl (C=O) groups is 7. The highest BCUT2D eigenvalue weighted by Gasteiger charge is 2.43. The van der Waals surface area contributed by atoms with Crippen molar-refractivity contribution in [2.24, 2.45) is 5.73 Å². The van der Waals surface area contributed by atoms with Crippen LogP contribution in [0.15, 0.2) is 30.3 Å². The average molecular weight is 662 g/mol. The van der Waals surface area contributed by atoms with Crippen molar-refractivity contribution >= 4 is 41.4 Å². The van der Waals surface area contributed by atoms with E-state index in [4.69, 9.17) is 5.73 Å². The summed E-state index contributed by atoms with van der Waals surface area (Å²) in [4.78, 5) is 92.4. The molecule has 2 saturated heterocycles. The number of carboxylic acids is 1. The van der Waals surface area contributed by atoms with Crippen LogP contribution in [0.1, 0.15) is 44.1 Å². The van der Waals surface area contributed by atoms with Crippen LogP contribution >= 0.6 is 0 Å². The fourth-order valence-electron chi connectivity index (χ4n) is 5.39. The molecule has 0 bridgehead atoms. The third kappa shape index (κ3) is 11.0. The molecule has 10 N–H and O–H groups in total. The number of nitrogens with zero attached hydrogens (tertiary/aromatic N) is 1. The lowest BCUT2D eigenvalue weighted by atomic mass is 10.0. The molecule has 3 rings (SSSR count). The molecule has 1 aromatic rings. The van der Waals surface area contributed by atoms with E-state index in [-0.39, 0.29) is 32.2 Å². The minimum Gasteiger partial charge on any atom is -0.481 e. The first kappa shape index (κ1) is 36.9. The minimum atomic E-state index is -1.54. The van der Waals surface area contributed by atoms with Crippen LogP contribution in [0.2, 0.25) is 0 Å². The molecule has 2 fully saturated rings. The second-order valence-corrected chi connectivity index (χ2v) is 11.5. The lowest BCUT2D eigenvalue weighted by molar-refractivity contribution is -0.144. The summed E-state index contributed by atoms with van der Waals surface area (Å²) in [6, 6.07) is 1.93. The van der Waals surface area contributed by atoms with Crippen molar-refractivity contribution in [3.8, 4) is 0 Å². The van der Waals surface area contributed by atoms with Gasteiger partial charge in [-0.2, -0.15) is 0 Å². The van der Waals surface area contributed by atoms with Crippen molar-refractivity contribution in [1.82, 2.24) is 31.5 Å². The molecule has 47 heavy (non-hydrogen) atoms. The van der Waals surface area contributed by atoms with E-state index in [1.807, 2.05) is 0 Å². The van der Waals surface area contributed by atoms with E-state index in [9.17, 15) is 48.9 Å². The average Bonchev–Trinajstić information content (AvgIpc) is 3.44. The van der Waals surface area contributed by atoms with Crippen molar-refractivity contribution < 1.29 is 48.9 Å². The number of nitrogens with two attached hydrogens (primary N) is 1. The number of unbranched alkanes of at least 4 members (excludes halogenated alkanes) is 1. The van der Waals surface area contributed by atoms with Gasteiger partial charge in [0.15, 0.2) is 0 Å². The number of hydrogen-bond acceptors (Lipinski definition) is 10. The van der Waals surface area contributed by atoms with Gasteiger partial charge in [-0.25, -0.2) is 0 Å². The summed E-state index contributed by atoms with van der Waals surface area (Å²) >= 11 is 0. The summed E-state index contributed by atoms with van der Waals surface area (Å²) in [5.74, 6) is -6.25. The highest BCUT2D eigenvalue weighted by molar-refractivity contribution is 5.98. The molecule has 0 aliphatic carbocycles. The van der Waals surface area contributed by atoms with Crippen LogP contribution in [-0.2, 0) is 40.0 Å². The summed E-state index contributed by atoms with van der Waals surface area (Å²) in [6.07, 6.45) is -1.30. The third-order valence-electron chi connectivity index (χ3n) is 7.88. The standard InChI is InChI=1S/C30H43N7O10/c31-11-5-4-8-19-27(44)35-20(9-10-25(41)42)30(47)37-15-18(39)13-23(37)29(46)36-22(16-38)26(43)32-14-24(40)33-21(28(45)34-19)12-17-6-2-1-3-7-17/h1-3,6-7,18-23,38-39H,4-5,8-16,31H2,(H,32,43)(H,33,40)(H,34,45)(H,35,44)(H,36,46)(H,41,42)/t18-,19+,20+,21+,22+,23+/m1/s1. The van der Waals surface area contributed by atoms with E-state index in [0.29, 0.717) is 24.9 Å². The van der Waals surface area contributed by atoms with Crippen LogP contribution < -0.4 is 32.3 Å². The van der Waals surface area contributed by atoms with Gasteiger partial charge >= 0.3 is 5.97 Å². The molecule has 0 radical (unpaired) electrons. The minimum absolute atomic E-state index is 0.0111. The summed E-state index contributed by atoms with van der Waals surface area (Å²) in [5.41, 5.74) is 6.30. The van der Waals surface area contributed by atoms with Gasteiger partial charge < -0.3 is 52.5 Å². The largest absolute Gasteiger partial charge is 0.481 e. The predicted molar refractivity (Wildman–Crippen MR) is 164 cm³/mol. The molecule has 17 heteroatoms. The highest BCUT2D eigenvalue weighted by Crippen LogP contribution is 2.21. The van der Waals surface area contributed by atoms with Crippen molar-refractivity contribution in [1.29, 1.82) is 0 Å². The quantitative estimate of drug-likeness (QED) is 0.110. The van der Waals surface area contributed by atoms with E-state index >= 15 is 0 Å². The van der Waals surface area contributed by atoms with E-state index in [1.54, 1.807) is 30.3 Å². The Morgan fingerprint density at radius 2 is 1.49 bits per heavy atom. The molecule has 0 spiro atoms. The number of carboxylic acid groups (broad SMARTS) is 1. The highest BCUT2D eigenvalue weighted by atomic mass is 16.4. The maximum atomic E-state index is 13.8. The van der Waals surface area contributed by atoms with Gasteiger partial charge in [0.25, 0.3) is 0 Å². The van der Waals surface area contributed by atoms with E-state index < -0.39 is 97.3 Å². The smallest absolute Gasteiger partial charge is 0.303 e. The Bertz CT molecular complexity index is 1300. The summed E-state index contributed by atoms with van der Waals surface area (Å²) < 4.78 is 0. The first-order valence-corrected chi connectivity index (χ1v) is 15.5. The molecule has 0 aromatic heterocycles. The summed E-state index contributed by atoms with van der Waals surface area (Å²) in [7, 11) is 0. The lowest BCUT2D eigenvalue weighted by Gasteiger charge is -2.30. The van der Waals surface area contributed by atoms with Crippen molar-refractivity contribution in [3.63, 3.8) is 0 Å². The normalized spacial score (nSPS) is 26.6. The number of carbonyl (C=O) groups excluding carboxylic acids is 6. The molecule has 1 aromatic carbocycles. The fourth-order valence-corrected chi connectivity index (χ4v) is 5.39. The fraction of sp³-hybridized carbons (Fsp3) is 0.567. The van der Waals surface area contributed by atoms with Crippen LogP contribution in [0, 0.1) is 0 Å². The zero-order chi connectivity index (χ0) is 34.5. The number of aliphatic hydroxyl groups is 2. The van der Waals surface area contributed by atoms with Crippen LogP contribution in [0.5, 0.6) is 0 Å². The summed E-state index contributed by atoms with van der Waals surface area (Å²) in [5, 5.41) is 41.8. The number of hydrogen-bond donors (Lipinski definition) is 9. The maximum absolute atomic E-state index is 13.8. The second-order valence-electron chi connectivity index (χ2n) is 11.5. The van der Waals surface area contributed by atoms with Gasteiger partial charge in [-0.1, -0.05) is 30.3 Å². The topological polar surface area (TPSA) is 270 Å². The number of aliphatic hydroxyl groups excluding tert-OH is 2. The third-order valence-corrected chi connectivity index (χ3v) is 7.88. The molecular formula is C30H43N7O10. The monoisotopic (exact) mass is 661 g/mol. The SMILES string of the molecule is NCCCC[C@@H]1NC(=O)[C@H](Cc2ccccc2)NC(=O)CNC(=O)[C@H](CO)NC(=O)[C@@H]2C[C@@H](O)CN2C(=O)[C@H](CCC(=O)O)NC1=O. The predicted octanol–water partition coefficient (Wildman–Crippen LogP) is -3.75. The molecule has 0 saturated carbocycles. The molecule has 6 amide bonds. The Morgan fingerprint density at radius 1 is 0.830 bits per heavy atom. The molecule has 2 aliphatic rings. The molecule has 0 unspecified atom stereocenters. The Labute approximate surface area is 271 Å². The van der Waals surface area contributed by atoms with Crippen molar-refractivity contribution in [2.45, 2.75) is 81.3 Å². The summed E-state index contributed by atoms with van der Waals surface area (Å²) in [6.45, 7) is -1.52. The van der Waals surface area contributed by atoms with Crippen LogP contribution in [-0.4, -0.2) is 124 Å². The second kappa shape index (κ2) is 17.9. The molecule has 2 heterocycles. The Balaban J connectivity index is 2.00. The van der Waals surface area contributed by atoms with Gasteiger partial charge in [-0.3, -0.25) is 33.6 Å². The zero-order valence-electron chi connectivity index (χ0n) is 25.9. The Morgan fingerprint density at radius 3 is 2.15 bits per heavy atom. The van der Waals surface area contributed by atoms with Crippen LogP contribution in [0.25, 0.3) is 0 Å². The van der Waals surface area contributed by atoms with Gasteiger partial charge in [-0.05, 0) is 37.8 Å². The Hall–Kier alpha value is -4.61. The van der Waals surface area contributed by atoms with Crippen molar-refractivity contribution in [3.05, 3.63) is 35.9 Å². The number of fused-ring (bicyclic) bond motifs is 1. The number of benzene rings is 1. The van der Waals surface area contributed by atoms with E-state index in [0.717, 1.165) is 4.90 Å². The van der Waals surface area contributed by atoms with E-state index in [2.05, 4.69) is 26.6 Å². The first-order valence-electron chi connectivity index (χ1n) is 15.5. The van der Waals surface area contributed by atoms with Crippen molar-refractivity contribution in [2.75, 3.05) is 26.2 Å². The number of rotatable bonds is 10. The molecular weight excluding hydrogens is 618 g/mol. The first-order chi connectivity index (χ1) is 22.4. The van der Waals surface area contributed by atoms with Gasteiger partial charge in [0.2, 0.25) is 35.4 Å². The number of aliphatic carboxylic acids is 1. The van der Waals surface area contributed by atoms with Gasteiger partial charge in [0, 0.05) is 25.8 Å². The van der Waals surface area contributed by atoms with Crippen LogP contribution in [0.3, 0.4) is 0 Å².